The number of nitrogens with one attached hydrogen (secondary N) is 1. The van der Waals surface area contributed by atoms with Gasteiger partial charge in [-0.3, -0.25) is 14.3 Å². The lowest BCUT2D eigenvalue weighted by atomic mass is 10.1. The molecule has 2 amide bonds. The second-order valence-electron chi connectivity index (χ2n) is 7.93. The Labute approximate surface area is 194 Å². The molecule has 0 bridgehead atoms. The van der Waals surface area contributed by atoms with E-state index in [-0.39, 0.29) is 22.8 Å². The largest absolute Gasteiger partial charge is 0.465 e. The fourth-order valence-electron chi connectivity index (χ4n) is 3.89. The van der Waals surface area contributed by atoms with Crippen LogP contribution in [0.4, 0.5) is 10.6 Å². The number of nitrogen functional groups attached to an aromatic ring is 1. The molecule has 34 heavy (non-hydrogen) atoms. The van der Waals surface area contributed by atoms with E-state index in [0.29, 0.717) is 39.3 Å². The molecule has 0 aliphatic carbocycles. The van der Waals surface area contributed by atoms with Crippen molar-refractivity contribution in [1.82, 2.24) is 34.6 Å². The van der Waals surface area contributed by atoms with Crippen LogP contribution in [0.25, 0.3) is 11.2 Å². The minimum absolute atomic E-state index is 0.0800. The van der Waals surface area contributed by atoms with Gasteiger partial charge in [-0.15, -0.1) is 0 Å². The third-order valence-electron chi connectivity index (χ3n) is 5.72. The molecule has 2 aliphatic rings. The lowest BCUT2D eigenvalue weighted by Crippen LogP contribution is -2.48. The Morgan fingerprint density at radius 1 is 1.24 bits per heavy atom. The van der Waals surface area contributed by atoms with Crippen molar-refractivity contribution in [2.24, 2.45) is 0 Å². The number of aliphatic hydroxyl groups is 2. The highest BCUT2D eigenvalue weighted by Gasteiger charge is 2.47. The van der Waals surface area contributed by atoms with Gasteiger partial charge in [-0.1, -0.05) is 5.92 Å². The molecule has 2 aromatic rings. The van der Waals surface area contributed by atoms with Gasteiger partial charge in [0.05, 0.1) is 12.9 Å². The molecule has 0 spiro atoms. The molecule has 0 radical (unpaired) electrons. The quantitative estimate of drug-likeness (QED) is 0.302. The average molecular weight is 474 g/mol. The van der Waals surface area contributed by atoms with Crippen molar-refractivity contribution in [3.05, 3.63) is 12.2 Å². The molecule has 14 nitrogen and oxygen atoms in total. The first-order valence-electron chi connectivity index (χ1n) is 10.8. The summed E-state index contributed by atoms with van der Waals surface area (Å²) in [4.78, 5) is 39.2. The van der Waals surface area contributed by atoms with E-state index in [2.05, 4.69) is 32.1 Å². The monoisotopic (exact) mass is 474 g/mol. The molecule has 182 valence electrons. The Bertz CT molecular complexity index is 1140. The number of likely N-dealkylation sites (N-methyl/N-ethyl adjacent to an activating group) is 1. The number of aromatic nitrogens is 4. The molecule has 0 saturated carbocycles. The van der Waals surface area contributed by atoms with Gasteiger partial charge in [0.2, 0.25) is 5.82 Å². The molecule has 2 fully saturated rings. The molecule has 0 aromatic carbocycles. The summed E-state index contributed by atoms with van der Waals surface area (Å²) in [5.41, 5.74) is 6.52. The Balaban J connectivity index is 1.52. The smallest absolute Gasteiger partial charge is 0.407 e. The minimum Gasteiger partial charge on any atom is -0.465 e. The predicted molar refractivity (Wildman–Crippen MR) is 117 cm³/mol. The zero-order valence-corrected chi connectivity index (χ0v) is 18.5. The van der Waals surface area contributed by atoms with Crippen LogP contribution in [-0.4, -0.2) is 114 Å². The highest BCUT2D eigenvalue weighted by atomic mass is 16.6. The first kappa shape index (κ1) is 23.6. The highest BCUT2D eigenvalue weighted by molar-refractivity contribution is 5.83. The number of fused-ring (bicyclic) bond motifs is 1. The number of carboxylic acid groups (broad SMARTS) is 1. The maximum absolute atomic E-state index is 12.2. The molecule has 2 saturated heterocycles. The van der Waals surface area contributed by atoms with Gasteiger partial charge in [0.1, 0.15) is 17.7 Å². The second-order valence-corrected chi connectivity index (χ2v) is 7.93. The molecular formula is C20H26N8O6. The fraction of sp³-hybridized carbons (Fsp3) is 0.550. The summed E-state index contributed by atoms with van der Waals surface area (Å²) >= 11 is 0. The molecule has 4 rings (SSSR count). The van der Waals surface area contributed by atoms with Crippen LogP contribution < -0.4 is 11.1 Å². The number of nitrogens with two attached hydrogens (primary N) is 1. The summed E-state index contributed by atoms with van der Waals surface area (Å²) in [5.74, 6) is 5.49. The topological polar surface area (TPSA) is 192 Å². The van der Waals surface area contributed by atoms with Crippen molar-refractivity contribution < 1.29 is 29.6 Å². The Morgan fingerprint density at radius 2 is 1.97 bits per heavy atom. The van der Waals surface area contributed by atoms with E-state index in [0.717, 1.165) is 0 Å². The van der Waals surface area contributed by atoms with Crippen molar-refractivity contribution in [3.8, 4) is 11.8 Å². The number of carbonyl (C=O) groups is 2. The van der Waals surface area contributed by atoms with E-state index in [1.165, 1.54) is 15.8 Å². The van der Waals surface area contributed by atoms with Crippen molar-refractivity contribution in [2.45, 2.75) is 31.5 Å². The molecule has 2 aromatic heterocycles. The van der Waals surface area contributed by atoms with Gasteiger partial charge in [0.25, 0.3) is 5.91 Å². The Morgan fingerprint density at radius 3 is 2.65 bits per heavy atom. The lowest BCUT2D eigenvalue weighted by molar-refractivity contribution is -0.137. The Hall–Kier alpha value is -3.51. The maximum atomic E-state index is 12.2. The molecule has 14 heteroatoms. The van der Waals surface area contributed by atoms with Gasteiger partial charge in [-0.2, -0.15) is 0 Å². The zero-order chi connectivity index (χ0) is 24.4. The number of nitrogens with zero attached hydrogens (tertiary/aromatic N) is 6. The minimum atomic E-state index is -1.44. The van der Waals surface area contributed by atoms with Crippen molar-refractivity contribution in [3.63, 3.8) is 0 Å². The van der Waals surface area contributed by atoms with Crippen LogP contribution in [0.3, 0.4) is 0 Å². The van der Waals surface area contributed by atoms with E-state index in [1.54, 1.807) is 6.92 Å². The van der Waals surface area contributed by atoms with Gasteiger partial charge in [0.15, 0.2) is 23.8 Å². The number of rotatable bonds is 4. The number of imidazole rings is 1. The van der Waals surface area contributed by atoms with E-state index in [9.17, 15) is 19.8 Å². The summed E-state index contributed by atoms with van der Waals surface area (Å²) in [5, 5.41) is 32.4. The van der Waals surface area contributed by atoms with Crippen LogP contribution in [0.1, 0.15) is 19.0 Å². The van der Waals surface area contributed by atoms with Gasteiger partial charge < -0.3 is 36.0 Å². The van der Waals surface area contributed by atoms with Gasteiger partial charge in [-0.25, -0.2) is 19.7 Å². The van der Waals surface area contributed by atoms with Crippen LogP contribution >= 0.6 is 0 Å². The van der Waals surface area contributed by atoms with Crippen LogP contribution in [0.2, 0.25) is 0 Å². The summed E-state index contributed by atoms with van der Waals surface area (Å²) in [6.07, 6.45) is -4.80. The van der Waals surface area contributed by atoms with Gasteiger partial charge in [-0.05, 0) is 12.8 Å². The number of anilines is 1. The number of hydrogen-bond donors (Lipinski definition) is 5. The third kappa shape index (κ3) is 4.59. The number of piperazine rings is 1. The highest BCUT2D eigenvalue weighted by Crippen LogP contribution is 2.32. The third-order valence-corrected chi connectivity index (χ3v) is 5.72. The van der Waals surface area contributed by atoms with Crippen molar-refractivity contribution >= 4 is 29.0 Å². The van der Waals surface area contributed by atoms with Gasteiger partial charge >= 0.3 is 6.09 Å². The fourth-order valence-corrected chi connectivity index (χ4v) is 3.89. The van der Waals surface area contributed by atoms with Crippen LogP contribution in [0, 0.1) is 11.8 Å². The summed E-state index contributed by atoms with van der Waals surface area (Å²) in [7, 11) is 0. The van der Waals surface area contributed by atoms with E-state index >= 15 is 0 Å². The van der Waals surface area contributed by atoms with Crippen molar-refractivity contribution in [1.29, 1.82) is 0 Å². The predicted octanol–water partition coefficient (Wildman–Crippen LogP) is -2.19. The molecular weight excluding hydrogens is 448 g/mol. The lowest BCUT2D eigenvalue weighted by Gasteiger charge is -2.31. The standard InChI is InChI=1S/C20H26N8O6/c1-2-22-18(31)15-13(29)14(30)19(34-15)28-10-23-12-16(21)24-11(25-17(12)28)4-3-5-26-6-8-27(9-7-26)20(32)33/h10,13-15,19,29-30H,2,5-9H2,1H3,(H,22,31)(H,32,33)(H2,21,24,25). The molecule has 4 atom stereocenters. The molecule has 6 N–H and O–H groups in total. The van der Waals surface area contributed by atoms with Crippen molar-refractivity contribution in [2.75, 3.05) is 45.0 Å². The van der Waals surface area contributed by atoms with Crippen LogP contribution in [0.15, 0.2) is 6.33 Å². The van der Waals surface area contributed by atoms with Crippen LogP contribution in [-0.2, 0) is 9.53 Å². The summed E-state index contributed by atoms with van der Waals surface area (Å²) in [6, 6.07) is 0. The number of hydrogen-bond acceptors (Lipinski definition) is 10. The first-order chi connectivity index (χ1) is 16.3. The van der Waals surface area contributed by atoms with E-state index in [4.69, 9.17) is 15.6 Å². The summed E-state index contributed by atoms with van der Waals surface area (Å²) < 4.78 is 7.03. The number of ether oxygens (including phenoxy) is 1. The SMILES string of the molecule is CCNC(=O)C1OC(n2cnc3c(N)nc(C#CCN4CCN(C(=O)O)CC4)nc32)C(O)C1O. The van der Waals surface area contributed by atoms with E-state index in [1.807, 2.05) is 4.90 Å². The number of amides is 2. The normalized spacial score (nSPS) is 25.2. The van der Waals surface area contributed by atoms with Crippen LogP contribution in [0.5, 0.6) is 0 Å². The average Bonchev–Trinajstić information content (AvgIpc) is 3.36. The maximum Gasteiger partial charge on any atom is 0.407 e. The Kier molecular flexibility index (Phi) is 6.80. The summed E-state index contributed by atoms with van der Waals surface area (Å²) in [6.45, 7) is 4.45. The second kappa shape index (κ2) is 9.77. The molecule has 4 heterocycles. The van der Waals surface area contributed by atoms with Gasteiger partial charge in [0, 0.05) is 32.7 Å². The molecule has 4 unspecified atom stereocenters. The number of carbonyl (C=O) groups excluding carboxylic acids is 1. The zero-order valence-electron chi connectivity index (χ0n) is 18.5. The molecule has 2 aliphatic heterocycles. The number of aliphatic hydroxyl groups excluding tert-OH is 2. The first-order valence-corrected chi connectivity index (χ1v) is 10.8. The van der Waals surface area contributed by atoms with E-state index < -0.39 is 36.5 Å².